The average molecular weight is 234 g/mol. The zero-order valence-corrected chi connectivity index (χ0v) is 12.0. The van der Waals surface area contributed by atoms with Crippen molar-refractivity contribution in [3.05, 3.63) is 12.2 Å². The first-order chi connectivity index (χ1) is 8.09. The molecule has 0 nitrogen and oxygen atoms in total. The molecule has 0 amide bonds. The Bertz CT molecular complexity index is 265. The summed E-state index contributed by atoms with van der Waals surface area (Å²) in [6, 6.07) is 0. The van der Waals surface area contributed by atoms with Gasteiger partial charge in [-0.25, -0.2) is 0 Å². The van der Waals surface area contributed by atoms with E-state index < -0.39 is 0 Å². The minimum Gasteiger partial charge on any atom is -0.0993 e. The molecule has 0 aromatic carbocycles. The Morgan fingerprint density at radius 2 is 1.47 bits per heavy atom. The third-order valence-corrected chi connectivity index (χ3v) is 5.52. The fraction of sp³-hybridized carbons (Fsp3) is 0.882. The maximum atomic E-state index is 4.54. The Kier molecular flexibility index (Phi) is 4.33. The summed E-state index contributed by atoms with van der Waals surface area (Å²) >= 11 is 0. The Balaban J connectivity index is 2.02. The minimum atomic E-state index is 0.823. The molecule has 2 saturated carbocycles. The van der Waals surface area contributed by atoms with Crippen molar-refractivity contribution in [3.63, 3.8) is 0 Å². The molecule has 0 radical (unpaired) electrons. The third-order valence-electron chi connectivity index (χ3n) is 5.52. The quantitative estimate of drug-likeness (QED) is 0.558. The Morgan fingerprint density at radius 1 is 0.824 bits per heavy atom. The first kappa shape index (κ1) is 13.2. The Morgan fingerprint density at radius 3 is 2.18 bits per heavy atom. The lowest BCUT2D eigenvalue weighted by Crippen LogP contribution is -2.29. The summed E-state index contributed by atoms with van der Waals surface area (Å²) in [5, 5.41) is 0. The van der Waals surface area contributed by atoms with E-state index in [1.54, 1.807) is 5.57 Å². The van der Waals surface area contributed by atoms with Crippen LogP contribution in [0.4, 0.5) is 0 Å². The van der Waals surface area contributed by atoms with Gasteiger partial charge in [-0.1, -0.05) is 58.6 Å². The zero-order valence-electron chi connectivity index (χ0n) is 12.0. The number of rotatable bonds is 2. The van der Waals surface area contributed by atoms with Crippen molar-refractivity contribution in [1.82, 2.24) is 0 Å². The van der Waals surface area contributed by atoms with Gasteiger partial charge in [0, 0.05) is 0 Å². The molecule has 2 aliphatic rings. The van der Waals surface area contributed by atoms with Gasteiger partial charge in [0.1, 0.15) is 0 Å². The molecular formula is C17H30. The van der Waals surface area contributed by atoms with E-state index >= 15 is 0 Å². The fourth-order valence-electron chi connectivity index (χ4n) is 4.19. The van der Waals surface area contributed by atoms with Crippen molar-refractivity contribution in [2.24, 2.45) is 29.6 Å². The topological polar surface area (TPSA) is 0 Å². The Labute approximate surface area is 108 Å². The average Bonchev–Trinajstić information content (AvgIpc) is 2.32. The van der Waals surface area contributed by atoms with Crippen molar-refractivity contribution in [3.8, 4) is 0 Å². The third kappa shape index (κ3) is 2.95. The van der Waals surface area contributed by atoms with Crippen molar-refractivity contribution < 1.29 is 0 Å². The smallest absolute Gasteiger partial charge is 0.0175 e. The van der Waals surface area contributed by atoms with Crippen LogP contribution in [0.2, 0.25) is 0 Å². The van der Waals surface area contributed by atoms with E-state index in [4.69, 9.17) is 0 Å². The van der Waals surface area contributed by atoms with E-state index in [1.165, 1.54) is 44.9 Å². The molecule has 2 fully saturated rings. The molecule has 0 bridgehead atoms. The second kappa shape index (κ2) is 5.59. The highest BCUT2D eigenvalue weighted by molar-refractivity contribution is 5.10. The molecule has 5 atom stereocenters. The molecule has 98 valence electrons. The maximum Gasteiger partial charge on any atom is -0.0175 e. The molecule has 2 rings (SSSR count). The molecule has 0 heterocycles. The molecule has 0 spiro atoms. The first-order valence-electron chi connectivity index (χ1n) is 7.78. The molecule has 17 heavy (non-hydrogen) atoms. The molecule has 0 aliphatic heterocycles. The minimum absolute atomic E-state index is 0.823. The molecule has 0 N–H and O–H groups in total. The van der Waals surface area contributed by atoms with Crippen LogP contribution in [0.1, 0.15) is 65.7 Å². The summed E-state index contributed by atoms with van der Waals surface area (Å²) in [6.07, 6.45) is 9.99. The van der Waals surface area contributed by atoms with Crippen molar-refractivity contribution in [1.29, 1.82) is 0 Å². The van der Waals surface area contributed by atoms with Gasteiger partial charge in [-0.2, -0.15) is 0 Å². The van der Waals surface area contributed by atoms with E-state index in [2.05, 4.69) is 27.4 Å². The summed E-state index contributed by atoms with van der Waals surface area (Å²) < 4.78 is 0. The monoisotopic (exact) mass is 234 g/mol. The lowest BCUT2D eigenvalue weighted by molar-refractivity contribution is 0.194. The van der Waals surface area contributed by atoms with Crippen LogP contribution in [0.15, 0.2) is 12.2 Å². The summed E-state index contributed by atoms with van der Waals surface area (Å²) in [4.78, 5) is 0. The van der Waals surface area contributed by atoms with E-state index in [9.17, 15) is 0 Å². The molecule has 0 heteroatoms. The van der Waals surface area contributed by atoms with Gasteiger partial charge in [-0.3, -0.25) is 0 Å². The standard InChI is InChI=1S/C17H30/c1-12-9-10-14(3)17(11-12)15(4)16-8-6-5-7-13(16)2/h12-14,16-17H,4-11H2,1-3H3. The maximum absolute atomic E-state index is 4.54. The van der Waals surface area contributed by atoms with Gasteiger partial charge in [-0.05, 0) is 48.9 Å². The normalized spacial score (nSPS) is 43.4. The highest BCUT2D eigenvalue weighted by Gasteiger charge is 2.33. The number of hydrogen-bond acceptors (Lipinski definition) is 0. The Hall–Kier alpha value is -0.260. The van der Waals surface area contributed by atoms with E-state index in [1.807, 2.05) is 0 Å². The molecule has 0 saturated heterocycles. The molecular weight excluding hydrogens is 204 g/mol. The van der Waals surface area contributed by atoms with Crippen LogP contribution in [0.5, 0.6) is 0 Å². The summed E-state index contributed by atoms with van der Waals surface area (Å²) in [5.41, 5.74) is 1.62. The second-order valence-corrected chi connectivity index (χ2v) is 6.95. The van der Waals surface area contributed by atoms with Gasteiger partial charge in [0.15, 0.2) is 0 Å². The first-order valence-corrected chi connectivity index (χ1v) is 7.78. The van der Waals surface area contributed by atoms with Crippen molar-refractivity contribution >= 4 is 0 Å². The molecule has 0 aromatic rings. The van der Waals surface area contributed by atoms with E-state index in [0.29, 0.717) is 0 Å². The van der Waals surface area contributed by atoms with Crippen molar-refractivity contribution in [2.75, 3.05) is 0 Å². The van der Waals surface area contributed by atoms with Gasteiger partial charge in [0.05, 0.1) is 0 Å². The lowest BCUT2D eigenvalue weighted by Gasteiger charge is -2.40. The van der Waals surface area contributed by atoms with Crippen LogP contribution in [0.25, 0.3) is 0 Å². The lowest BCUT2D eigenvalue weighted by atomic mass is 9.65. The van der Waals surface area contributed by atoms with Gasteiger partial charge < -0.3 is 0 Å². The predicted octanol–water partition coefficient (Wildman–Crippen LogP) is 5.44. The highest BCUT2D eigenvalue weighted by Crippen LogP contribution is 2.44. The second-order valence-electron chi connectivity index (χ2n) is 6.95. The summed E-state index contributed by atoms with van der Waals surface area (Å²) in [5.74, 6) is 4.35. The van der Waals surface area contributed by atoms with Crippen LogP contribution < -0.4 is 0 Å². The molecule has 0 aromatic heterocycles. The van der Waals surface area contributed by atoms with Crippen LogP contribution in [0.3, 0.4) is 0 Å². The predicted molar refractivity (Wildman–Crippen MR) is 75.9 cm³/mol. The van der Waals surface area contributed by atoms with Gasteiger partial charge in [-0.15, -0.1) is 0 Å². The van der Waals surface area contributed by atoms with E-state index in [-0.39, 0.29) is 0 Å². The summed E-state index contributed by atoms with van der Waals surface area (Å²) in [7, 11) is 0. The number of hydrogen-bond donors (Lipinski definition) is 0. The zero-order chi connectivity index (χ0) is 12.4. The highest BCUT2D eigenvalue weighted by atomic mass is 14.4. The molecule has 2 aliphatic carbocycles. The number of allylic oxidation sites excluding steroid dienone is 1. The van der Waals surface area contributed by atoms with Crippen LogP contribution in [-0.2, 0) is 0 Å². The van der Waals surface area contributed by atoms with Crippen LogP contribution >= 0.6 is 0 Å². The van der Waals surface area contributed by atoms with Crippen molar-refractivity contribution in [2.45, 2.75) is 65.7 Å². The fourth-order valence-corrected chi connectivity index (χ4v) is 4.19. The van der Waals surface area contributed by atoms with Gasteiger partial charge >= 0.3 is 0 Å². The van der Waals surface area contributed by atoms with Crippen LogP contribution in [-0.4, -0.2) is 0 Å². The molecule has 5 unspecified atom stereocenters. The van der Waals surface area contributed by atoms with Gasteiger partial charge in [0.25, 0.3) is 0 Å². The summed E-state index contributed by atoms with van der Waals surface area (Å²) in [6.45, 7) is 11.9. The van der Waals surface area contributed by atoms with Crippen LogP contribution in [0, 0.1) is 29.6 Å². The SMILES string of the molecule is C=C(C1CCCCC1C)C1CC(C)CCC1C. The van der Waals surface area contributed by atoms with Gasteiger partial charge in [0.2, 0.25) is 0 Å². The largest absolute Gasteiger partial charge is 0.0993 e. The van der Waals surface area contributed by atoms with E-state index in [0.717, 1.165) is 29.6 Å².